The van der Waals surface area contributed by atoms with Crippen molar-refractivity contribution in [2.24, 2.45) is 5.92 Å². The van der Waals surface area contributed by atoms with Crippen molar-refractivity contribution >= 4 is 16.7 Å². The van der Waals surface area contributed by atoms with Crippen LogP contribution in [0.5, 0.6) is 0 Å². The highest BCUT2D eigenvalue weighted by molar-refractivity contribution is 5.89. The van der Waals surface area contributed by atoms with Crippen LogP contribution in [0, 0.1) is 5.92 Å². The number of hydrogen-bond acceptors (Lipinski definition) is 3. The standard InChI is InChI=1S/C19H23NO3/c21-10-12-23-11-4-9-20-19(22)18-13-17(18)16-8-3-6-14-5-1-2-7-15(14)16/h1-3,5-8,17-18,21H,4,9-13H2,(H,20,22). The van der Waals surface area contributed by atoms with Crippen molar-refractivity contribution in [3.05, 3.63) is 48.0 Å². The SMILES string of the molecule is O=C(NCCCOCCO)C1CC1c1cccc2ccccc12. The number of carbonyl (C=O) groups is 1. The first-order chi connectivity index (χ1) is 11.3. The molecule has 4 heteroatoms. The Balaban J connectivity index is 1.51. The Bertz CT molecular complexity index is 665. The minimum atomic E-state index is 0.0428. The van der Waals surface area contributed by atoms with Crippen molar-refractivity contribution in [2.45, 2.75) is 18.8 Å². The highest BCUT2D eigenvalue weighted by Crippen LogP contribution is 2.49. The molecule has 23 heavy (non-hydrogen) atoms. The summed E-state index contributed by atoms with van der Waals surface area (Å²) >= 11 is 0. The van der Waals surface area contributed by atoms with E-state index >= 15 is 0 Å². The van der Waals surface area contributed by atoms with E-state index in [1.807, 2.05) is 6.07 Å². The van der Waals surface area contributed by atoms with Crippen molar-refractivity contribution in [1.82, 2.24) is 5.32 Å². The van der Waals surface area contributed by atoms with Crippen LogP contribution in [0.25, 0.3) is 10.8 Å². The fourth-order valence-electron chi connectivity index (χ4n) is 3.09. The fourth-order valence-corrected chi connectivity index (χ4v) is 3.09. The predicted molar refractivity (Wildman–Crippen MR) is 90.3 cm³/mol. The lowest BCUT2D eigenvalue weighted by molar-refractivity contribution is -0.122. The van der Waals surface area contributed by atoms with Crippen LogP contribution in [0.4, 0.5) is 0 Å². The van der Waals surface area contributed by atoms with Gasteiger partial charge in [0, 0.05) is 19.1 Å². The van der Waals surface area contributed by atoms with Gasteiger partial charge in [0.05, 0.1) is 13.2 Å². The van der Waals surface area contributed by atoms with Gasteiger partial charge in [-0.05, 0) is 35.1 Å². The van der Waals surface area contributed by atoms with E-state index in [1.54, 1.807) is 0 Å². The molecule has 2 N–H and O–H groups in total. The molecule has 1 amide bonds. The molecule has 1 fully saturated rings. The lowest BCUT2D eigenvalue weighted by atomic mass is 10.00. The van der Waals surface area contributed by atoms with Gasteiger partial charge in [0.15, 0.2) is 0 Å². The number of hydrogen-bond donors (Lipinski definition) is 2. The van der Waals surface area contributed by atoms with Crippen LogP contribution >= 0.6 is 0 Å². The maximum atomic E-state index is 12.2. The lowest BCUT2D eigenvalue weighted by Gasteiger charge is -2.07. The van der Waals surface area contributed by atoms with Gasteiger partial charge in [0.2, 0.25) is 5.91 Å². The van der Waals surface area contributed by atoms with Crippen LogP contribution in [-0.2, 0) is 9.53 Å². The summed E-state index contributed by atoms with van der Waals surface area (Å²) < 4.78 is 5.18. The van der Waals surface area contributed by atoms with Crippen molar-refractivity contribution < 1.29 is 14.6 Å². The molecule has 1 saturated carbocycles. The molecule has 0 aromatic heterocycles. The van der Waals surface area contributed by atoms with Crippen LogP contribution in [0.2, 0.25) is 0 Å². The van der Waals surface area contributed by atoms with Gasteiger partial charge in [-0.1, -0.05) is 42.5 Å². The van der Waals surface area contributed by atoms with Gasteiger partial charge in [-0.15, -0.1) is 0 Å². The Morgan fingerprint density at radius 2 is 2.00 bits per heavy atom. The second-order valence-corrected chi connectivity index (χ2v) is 6.00. The summed E-state index contributed by atoms with van der Waals surface area (Å²) in [4.78, 5) is 12.2. The number of rotatable bonds is 8. The van der Waals surface area contributed by atoms with Gasteiger partial charge in [-0.2, -0.15) is 0 Å². The summed E-state index contributed by atoms with van der Waals surface area (Å²) in [5, 5.41) is 14.1. The Kier molecular flexibility index (Phi) is 5.26. The number of carbonyl (C=O) groups excluding carboxylic acids is 1. The molecule has 3 rings (SSSR count). The number of nitrogens with one attached hydrogen (secondary N) is 1. The van der Waals surface area contributed by atoms with E-state index in [9.17, 15) is 4.79 Å². The Labute approximate surface area is 136 Å². The van der Waals surface area contributed by atoms with E-state index < -0.39 is 0 Å². The average molecular weight is 313 g/mol. The van der Waals surface area contributed by atoms with Crippen LogP contribution in [-0.4, -0.2) is 37.4 Å². The number of ether oxygens (including phenoxy) is 1. The third kappa shape index (κ3) is 3.89. The number of benzene rings is 2. The molecular weight excluding hydrogens is 290 g/mol. The average Bonchev–Trinajstić information content (AvgIpc) is 3.38. The normalized spacial score (nSPS) is 19.7. The van der Waals surface area contributed by atoms with Crippen LogP contribution < -0.4 is 5.32 Å². The summed E-state index contributed by atoms with van der Waals surface area (Å²) in [5.41, 5.74) is 1.29. The maximum Gasteiger partial charge on any atom is 0.223 e. The van der Waals surface area contributed by atoms with Crippen LogP contribution in [0.3, 0.4) is 0 Å². The summed E-state index contributed by atoms with van der Waals surface area (Å²) in [5.74, 6) is 0.580. The zero-order chi connectivity index (χ0) is 16.1. The Hall–Kier alpha value is -1.91. The van der Waals surface area contributed by atoms with Crippen LogP contribution in [0.1, 0.15) is 24.3 Å². The van der Waals surface area contributed by atoms with E-state index in [0.717, 1.165) is 12.8 Å². The zero-order valence-electron chi connectivity index (χ0n) is 13.2. The van der Waals surface area contributed by atoms with Gasteiger partial charge < -0.3 is 15.2 Å². The lowest BCUT2D eigenvalue weighted by Crippen LogP contribution is -2.27. The quantitative estimate of drug-likeness (QED) is 0.736. The van der Waals surface area contributed by atoms with Gasteiger partial charge in [-0.3, -0.25) is 4.79 Å². The topological polar surface area (TPSA) is 58.6 Å². The van der Waals surface area contributed by atoms with Crippen molar-refractivity contribution in [2.75, 3.05) is 26.4 Å². The molecule has 4 nitrogen and oxygen atoms in total. The van der Waals surface area contributed by atoms with E-state index in [2.05, 4.69) is 41.7 Å². The highest BCUT2D eigenvalue weighted by atomic mass is 16.5. The number of fused-ring (bicyclic) bond motifs is 1. The monoisotopic (exact) mass is 313 g/mol. The molecule has 2 aromatic carbocycles. The molecule has 0 spiro atoms. The van der Waals surface area contributed by atoms with Gasteiger partial charge in [-0.25, -0.2) is 0 Å². The number of aliphatic hydroxyl groups is 1. The molecule has 1 aliphatic carbocycles. The predicted octanol–water partition coefficient (Wildman–Crippen LogP) is 2.46. The second-order valence-electron chi connectivity index (χ2n) is 6.00. The molecule has 0 radical (unpaired) electrons. The molecule has 1 aliphatic rings. The van der Waals surface area contributed by atoms with Gasteiger partial charge in [0.1, 0.15) is 0 Å². The van der Waals surface area contributed by atoms with Gasteiger partial charge in [0.25, 0.3) is 0 Å². The van der Waals surface area contributed by atoms with E-state index in [0.29, 0.717) is 25.7 Å². The third-order valence-corrected chi connectivity index (χ3v) is 4.35. The molecule has 0 saturated heterocycles. The second kappa shape index (κ2) is 7.57. The minimum Gasteiger partial charge on any atom is -0.394 e. The summed E-state index contributed by atoms with van der Waals surface area (Å²) in [7, 11) is 0. The minimum absolute atomic E-state index is 0.0428. The van der Waals surface area contributed by atoms with E-state index in [4.69, 9.17) is 9.84 Å². The van der Waals surface area contributed by atoms with E-state index in [1.165, 1.54) is 16.3 Å². The van der Waals surface area contributed by atoms with Crippen molar-refractivity contribution in [3.8, 4) is 0 Å². The number of amides is 1. The van der Waals surface area contributed by atoms with Crippen LogP contribution in [0.15, 0.2) is 42.5 Å². The molecule has 122 valence electrons. The first-order valence-corrected chi connectivity index (χ1v) is 8.25. The summed E-state index contributed by atoms with van der Waals surface area (Å²) in [6.07, 6.45) is 1.71. The molecule has 2 atom stereocenters. The molecule has 0 heterocycles. The first kappa shape index (κ1) is 16.0. The molecular formula is C19H23NO3. The van der Waals surface area contributed by atoms with Crippen molar-refractivity contribution in [3.63, 3.8) is 0 Å². The zero-order valence-corrected chi connectivity index (χ0v) is 13.2. The highest BCUT2D eigenvalue weighted by Gasteiger charge is 2.44. The third-order valence-electron chi connectivity index (χ3n) is 4.35. The van der Waals surface area contributed by atoms with E-state index in [-0.39, 0.29) is 18.4 Å². The maximum absolute atomic E-state index is 12.2. The molecule has 2 aromatic rings. The largest absolute Gasteiger partial charge is 0.394 e. The van der Waals surface area contributed by atoms with Gasteiger partial charge >= 0.3 is 0 Å². The fraction of sp³-hybridized carbons (Fsp3) is 0.421. The molecule has 2 unspecified atom stereocenters. The Morgan fingerprint density at radius 3 is 2.87 bits per heavy atom. The Morgan fingerprint density at radius 1 is 1.17 bits per heavy atom. The molecule has 0 aliphatic heterocycles. The number of aliphatic hydroxyl groups excluding tert-OH is 1. The molecule has 0 bridgehead atoms. The smallest absolute Gasteiger partial charge is 0.223 e. The first-order valence-electron chi connectivity index (χ1n) is 8.25. The summed E-state index contributed by atoms with van der Waals surface area (Å²) in [6, 6.07) is 14.7. The van der Waals surface area contributed by atoms with Crippen molar-refractivity contribution in [1.29, 1.82) is 0 Å². The summed E-state index contributed by atoms with van der Waals surface area (Å²) in [6.45, 7) is 1.60.